The average Bonchev–Trinajstić information content (AvgIpc) is 2.94. The molecule has 4 nitrogen and oxygen atoms in total. The molecule has 2 fully saturated rings. The number of likely N-dealkylation sites (tertiary alicyclic amines) is 1. The highest BCUT2D eigenvalue weighted by Crippen LogP contribution is 2.39. The van der Waals surface area contributed by atoms with Crippen molar-refractivity contribution in [2.24, 2.45) is 5.92 Å². The summed E-state index contributed by atoms with van der Waals surface area (Å²) in [5.41, 5.74) is 0. The molecule has 0 radical (unpaired) electrons. The zero-order valence-electron chi connectivity index (χ0n) is 10.8. The molecule has 4 heteroatoms. The van der Waals surface area contributed by atoms with Gasteiger partial charge in [0.1, 0.15) is 6.10 Å². The molecule has 2 aliphatic rings. The number of hydrogen-bond donors (Lipinski definition) is 0. The maximum Gasteiger partial charge on any atom is 0.213 e. The monoisotopic (exact) mass is 248 g/mol. The van der Waals surface area contributed by atoms with Gasteiger partial charge in [0.2, 0.25) is 5.88 Å². The van der Waals surface area contributed by atoms with Crippen LogP contribution in [0.4, 0.5) is 0 Å². The first kappa shape index (κ1) is 11.9. The van der Waals surface area contributed by atoms with E-state index in [1.54, 1.807) is 13.3 Å². The fourth-order valence-corrected chi connectivity index (χ4v) is 3.25. The molecule has 0 spiro atoms. The van der Waals surface area contributed by atoms with Crippen LogP contribution in [-0.4, -0.2) is 48.8 Å². The average molecular weight is 248 g/mol. The van der Waals surface area contributed by atoms with Crippen molar-refractivity contribution in [3.8, 4) is 5.88 Å². The van der Waals surface area contributed by atoms with Crippen molar-refractivity contribution in [3.05, 3.63) is 24.4 Å². The molecule has 1 aromatic heterocycles. The van der Waals surface area contributed by atoms with E-state index in [-0.39, 0.29) is 0 Å². The van der Waals surface area contributed by atoms with Gasteiger partial charge in [-0.25, -0.2) is 4.98 Å². The first-order chi connectivity index (χ1) is 8.88. The third-order valence-corrected chi connectivity index (χ3v) is 4.09. The van der Waals surface area contributed by atoms with Crippen molar-refractivity contribution in [1.29, 1.82) is 0 Å². The van der Waals surface area contributed by atoms with E-state index in [1.807, 2.05) is 18.2 Å². The lowest BCUT2D eigenvalue weighted by Crippen LogP contribution is -2.38. The molecule has 2 heterocycles. The molecule has 0 unspecified atom stereocenters. The summed E-state index contributed by atoms with van der Waals surface area (Å²) in [6.07, 6.45) is 4.63. The van der Waals surface area contributed by atoms with Crippen molar-refractivity contribution in [2.75, 3.05) is 26.8 Å². The number of methoxy groups -OCH3 is 1. The zero-order chi connectivity index (χ0) is 12.4. The summed E-state index contributed by atoms with van der Waals surface area (Å²) in [6.45, 7) is 2.96. The van der Waals surface area contributed by atoms with E-state index in [4.69, 9.17) is 9.47 Å². The minimum atomic E-state index is 0.316. The topological polar surface area (TPSA) is 34.6 Å². The van der Waals surface area contributed by atoms with Crippen LogP contribution < -0.4 is 4.74 Å². The van der Waals surface area contributed by atoms with Gasteiger partial charge in [-0.05, 0) is 18.9 Å². The van der Waals surface area contributed by atoms with Crippen LogP contribution in [-0.2, 0) is 4.74 Å². The summed E-state index contributed by atoms with van der Waals surface area (Å²) in [4.78, 5) is 6.77. The summed E-state index contributed by atoms with van der Waals surface area (Å²) in [6, 6.07) is 6.38. The summed E-state index contributed by atoms with van der Waals surface area (Å²) < 4.78 is 11.2. The molecule has 0 amide bonds. The number of rotatable bonds is 5. The Balaban J connectivity index is 1.64. The number of pyridine rings is 1. The molecule has 1 saturated heterocycles. The van der Waals surface area contributed by atoms with Crippen molar-refractivity contribution in [1.82, 2.24) is 9.88 Å². The Hall–Kier alpha value is -1.13. The highest BCUT2D eigenvalue weighted by Gasteiger charge is 2.48. The lowest BCUT2D eigenvalue weighted by atomic mass is 10.1. The van der Waals surface area contributed by atoms with Gasteiger partial charge in [0, 0.05) is 44.4 Å². The first-order valence-electron chi connectivity index (χ1n) is 6.69. The van der Waals surface area contributed by atoms with E-state index >= 15 is 0 Å². The van der Waals surface area contributed by atoms with Crippen LogP contribution in [0.3, 0.4) is 0 Å². The van der Waals surface area contributed by atoms with Crippen molar-refractivity contribution in [2.45, 2.75) is 25.0 Å². The number of ether oxygens (including phenoxy) is 2. The van der Waals surface area contributed by atoms with Crippen LogP contribution >= 0.6 is 0 Å². The van der Waals surface area contributed by atoms with Gasteiger partial charge in [-0.15, -0.1) is 0 Å². The van der Waals surface area contributed by atoms with Gasteiger partial charge in [0.05, 0.1) is 6.61 Å². The maximum atomic E-state index is 6.08. The van der Waals surface area contributed by atoms with E-state index in [0.29, 0.717) is 18.1 Å². The quantitative estimate of drug-likeness (QED) is 0.792. The predicted octanol–water partition coefficient (Wildman–Crippen LogP) is 1.57. The first-order valence-corrected chi connectivity index (χ1v) is 6.69. The van der Waals surface area contributed by atoms with E-state index in [1.165, 1.54) is 12.8 Å². The van der Waals surface area contributed by atoms with E-state index in [9.17, 15) is 0 Å². The van der Waals surface area contributed by atoms with Crippen LogP contribution in [0.2, 0.25) is 0 Å². The summed E-state index contributed by atoms with van der Waals surface area (Å²) >= 11 is 0. The van der Waals surface area contributed by atoms with E-state index < -0.39 is 0 Å². The molecule has 1 aromatic rings. The molecule has 0 aromatic carbocycles. The number of hydrogen-bond acceptors (Lipinski definition) is 4. The predicted molar refractivity (Wildman–Crippen MR) is 68.6 cm³/mol. The van der Waals surface area contributed by atoms with E-state index in [0.717, 1.165) is 25.6 Å². The maximum absolute atomic E-state index is 6.08. The molecule has 3 rings (SSSR count). The molecule has 18 heavy (non-hydrogen) atoms. The number of aromatic nitrogens is 1. The van der Waals surface area contributed by atoms with Gasteiger partial charge in [-0.3, -0.25) is 4.90 Å². The van der Waals surface area contributed by atoms with Gasteiger partial charge >= 0.3 is 0 Å². The largest absolute Gasteiger partial charge is 0.472 e. The summed E-state index contributed by atoms with van der Waals surface area (Å²) in [5.74, 6) is 1.42. The smallest absolute Gasteiger partial charge is 0.213 e. The molecule has 3 atom stereocenters. The van der Waals surface area contributed by atoms with Gasteiger partial charge in [0.25, 0.3) is 0 Å². The van der Waals surface area contributed by atoms with Gasteiger partial charge < -0.3 is 9.47 Å². The Morgan fingerprint density at radius 3 is 3.11 bits per heavy atom. The molecular formula is C14H20N2O2. The third kappa shape index (κ3) is 2.22. The second-order valence-electron chi connectivity index (χ2n) is 5.14. The molecule has 2 bridgehead atoms. The Labute approximate surface area is 108 Å². The van der Waals surface area contributed by atoms with Crippen molar-refractivity contribution < 1.29 is 9.47 Å². The Morgan fingerprint density at radius 1 is 1.39 bits per heavy atom. The van der Waals surface area contributed by atoms with Crippen LogP contribution in [0.1, 0.15) is 12.8 Å². The van der Waals surface area contributed by atoms with Gasteiger partial charge in [-0.2, -0.15) is 0 Å². The Morgan fingerprint density at radius 2 is 2.33 bits per heavy atom. The molecular weight excluding hydrogens is 228 g/mol. The lowest BCUT2D eigenvalue weighted by molar-refractivity contribution is 0.108. The lowest BCUT2D eigenvalue weighted by Gasteiger charge is -2.26. The molecule has 98 valence electrons. The summed E-state index contributed by atoms with van der Waals surface area (Å²) in [5, 5.41) is 0. The Bertz CT molecular complexity index is 385. The van der Waals surface area contributed by atoms with Gasteiger partial charge in [0.15, 0.2) is 0 Å². The van der Waals surface area contributed by atoms with Gasteiger partial charge in [-0.1, -0.05) is 6.07 Å². The second kappa shape index (κ2) is 5.24. The van der Waals surface area contributed by atoms with Crippen LogP contribution in [0, 0.1) is 5.92 Å². The van der Waals surface area contributed by atoms with E-state index in [2.05, 4.69) is 9.88 Å². The number of fused-ring (bicyclic) bond motifs is 2. The fraction of sp³-hybridized carbons (Fsp3) is 0.643. The third-order valence-electron chi connectivity index (χ3n) is 4.09. The highest BCUT2D eigenvalue weighted by atomic mass is 16.5. The summed E-state index contributed by atoms with van der Waals surface area (Å²) in [7, 11) is 1.76. The minimum absolute atomic E-state index is 0.316. The highest BCUT2D eigenvalue weighted by molar-refractivity contribution is 5.12. The number of nitrogens with zero attached hydrogens (tertiary/aromatic N) is 2. The van der Waals surface area contributed by atoms with Crippen LogP contribution in [0.15, 0.2) is 24.4 Å². The van der Waals surface area contributed by atoms with Crippen LogP contribution in [0.25, 0.3) is 0 Å². The molecule has 1 aliphatic heterocycles. The standard InChI is InChI=1S/C14H20N2O2/c1-17-9-8-16-10-11-5-6-12(16)14(11)18-13-4-2-3-7-15-13/h2-4,7,11-12,14H,5-6,8-10H2,1H3/t11-,12+,14+/m1/s1. The second-order valence-corrected chi connectivity index (χ2v) is 5.14. The molecule has 1 aliphatic carbocycles. The molecule has 0 N–H and O–H groups in total. The SMILES string of the molecule is COCCN1C[C@H]2CC[C@H]1[C@H]2Oc1ccccn1. The molecule has 1 saturated carbocycles. The zero-order valence-corrected chi connectivity index (χ0v) is 10.8. The minimum Gasteiger partial charge on any atom is -0.472 e. The van der Waals surface area contributed by atoms with Crippen molar-refractivity contribution in [3.63, 3.8) is 0 Å². The number of piperidine rings is 1. The normalized spacial score (nSPS) is 30.8. The van der Waals surface area contributed by atoms with Crippen molar-refractivity contribution >= 4 is 0 Å². The van der Waals surface area contributed by atoms with Crippen LogP contribution in [0.5, 0.6) is 5.88 Å². The fourth-order valence-electron chi connectivity index (χ4n) is 3.25. The Kier molecular flexibility index (Phi) is 3.48.